The molecule has 0 saturated heterocycles. The zero-order valence-electron chi connectivity index (χ0n) is 5.25. The third kappa shape index (κ3) is 7.35. The van der Waals surface area contributed by atoms with Crippen LogP contribution in [0.5, 0.6) is 0 Å². The smallest absolute Gasteiger partial charge is 0.267 e. The quantitative estimate of drug-likeness (QED) is 0.317. The van der Waals surface area contributed by atoms with E-state index in [0.29, 0.717) is 6.61 Å². The van der Waals surface area contributed by atoms with Gasteiger partial charge in [0.1, 0.15) is 0 Å². The molecule has 0 unspecified atom stereocenters. The molecule has 0 atom stereocenters. The van der Waals surface area contributed by atoms with Crippen LogP contribution >= 0.6 is 0 Å². The molecular weight excluding hydrogens is 128 g/mol. The standard InChI is InChI=1S/C4H8O5/c1-3-6-8-9-7-4(2)5/h3H2,1-2H3. The van der Waals surface area contributed by atoms with E-state index in [1.165, 1.54) is 6.92 Å². The van der Waals surface area contributed by atoms with Crippen molar-refractivity contribution in [3.8, 4) is 0 Å². The summed E-state index contributed by atoms with van der Waals surface area (Å²) < 4.78 is 0. The molecule has 0 saturated carbocycles. The highest BCUT2D eigenvalue weighted by Crippen LogP contribution is 1.82. The Hall–Kier alpha value is -0.650. The summed E-state index contributed by atoms with van der Waals surface area (Å²) in [5, 5.41) is 7.61. The number of hydrogen-bond acceptors (Lipinski definition) is 5. The summed E-state index contributed by atoms with van der Waals surface area (Å²) >= 11 is 0. The Balaban J connectivity index is 2.83. The van der Waals surface area contributed by atoms with Gasteiger partial charge in [-0.05, 0) is 12.0 Å². The molecule has 0 radical (unpaired) electrons. The molecule has 0 aliphatic carbocycles. The highest BCUT2D eigenvalue weighted by atomic mass is 17.7. The summed E-state index contributed by atoms with van der Waals surface area (Å²) in [7, 11) is 0. The summed E-state index contributed by atoms with van der Waals surface area (Å²) in [5.41, 5.74) is 0. The van der Waals surface area contributed by atoms with Crippen LogP contribution in [0, 0.1) is 0 Å². The molecule has 0 aliphatic heterocycles. The van der Waals surface area contributed by atoms with Gasteiger partial charge in [-0.1, -0.05) is 0 Å². The highest BCUT2D eigenvalue weighted by Gasteiger charge is 1.92. The van der Waals surface area contributed by atoms with Crippen LogP contribution in [0.15, 0.2) is 0 Å². The van der Waals surface area contributed by atoms with E-state index in [4.69, 9.17) is 0 Å². The van der Waals surface area contributed by atoms with Gasteiger partial charge in [-0.25, -0.2) is 9.68 Å². The maximum Gasteiger partial charge on any atom is 0.342 e. The molecule has 0 aromatic heterocycles. The molecule has 0 aromatic carbocycles. The van der Waals surface area contributed by atoms with Crippen molar-refractivity contribution in [1.29, 1.82) is 0 Å². The lowest BCUT2D eigenvalue weighted by atomic mass is 10.9. The van der Waals surface area contributed by atoms with Gasteiger partial charge < -0.3 is 0 Å². The molecular formula is C4H8O5. The zero-order chi connectivity index (χ0) is 7.11. The van der Waals surface area contributed by atoms with Gasteiger partial charge in [0.05, 0.1) is 6.61 Å². The molecule has 0 bridgehead atoms. The minimum absolute atomic E-state index is 0.321. The Morgan fingerprint density at radius 2 is 2.11 bits per heavy atom. The van der Waals surface area contributed by atoms with Gasteiger partial charge in [0.15, 0.2) is 0 Å². The largest absolute Gasteiger partial charge is 0.342 e. The second kappa shape index (κ2) is 5.49. The Morgan fingerprint density at radius 3 is 2.56 bits per heavy atom. The van der Waals surface area contributed by atoms with E-state index in [9.17, 15) is 4.79 Å². The normalized spacial score (nSPS) is 9.11. The van der Waals surface area contributed by atoms with Crippen molar-refractivity contribution in [1.82, 2.24) is 0 Å². The van der Waals surface area contributed by atoms with Gasteiger partial charge in [-0.2, -0.15) is 0 Å². The fourth-order valence-corrected chi connectivity index (χ4v) is 0.130. The molecule has 9 heavy (non-hydrogen) atoms. The zero-order valence-corrected chi connectivity index (χ0v) is 5.25. The average Bonchev–Trinajstić information content (AvgIpc) is 1.80. The van der Waals surface area contributed by atoms with Crippen molar-refractivity contribution in [2.24, 2.45) is 0 Å². The lowest BCUT2D eigenvalue weighted by Gasteiger charge is -1.95. The molecule has 0 aromatic rings. The van der Waals surface area contributed by atoms with Crippen molar-refractivity contribution >= 4 is 5.97 Å². The average molecular weight is 136 g/mol. The SMILES string of the molecule is CCOOOOC(C)=O. The summed E-state index contributed by atoms with van der Waals surface area (Å²) in [6, 6.07) is 0. The van der Waals surface area contributed by atoms with Gasteiger partial charge in [0.2, 0.25) is 0 Å². The first-order valence-corrected chi connectivity index (χ1v) is 2.40. The monoisotopic (exact) mass is 136 g/mol. The first-order chi connectivity index (χ1) is 4.27. The molecule has 5 nitrogen and oxygen atoms in total. The van der Waals surface area contributed by atoms with Crippen LogP contribution in [0.25, 0.3) is 0 Å². The van der Waals surface area contributed by atoms with Crippen LogP contribution in [-0.4, -0.2) is 12.6 Å². The molecule has 0 aliphatic rings. The molecule has 0 N–H and O–H groups in total. The van der Waals surface area contributed by atoms with Crippen molar-refractivity contribution in [2.75, 3.05) is 6.61 Å². The van der Waals surface area contributed by atoms with E-state index in [0.717, 1.165) is 0 Å². The maximum atomic E-state index is 9.92. The predicted octanol–water partition coefficient (Wildman–Crippen LogP) is 0.364. The minimum atomic E-state index is -0.602. The Kier molecular flexibility index (Phi) is 5.09. The van der Waals surface area contributed by atoms with E-state index in [1.54, 1.807) is 6.92 Å². The van der Waals surface area contributed by atoms with Crippen molar-refractivity contribution < 1.29 is 24.6 Å². The highest BCUT2D eigenvalue weighted by molar-refractivity contribution is 5.65. The summed E-state index contributed by atoms with van der Waals surface area (Å²) in [6.07, 6.45) is 0. The van der Waals surface area contributed by atoms with Gasteiger partial charge in [-0.15, -0.1) is 0 Å². The summed E-state index contributed by atoms with van der Waals surface area (Å²) in [6.45, 7) is 3.19. The predicted molar refractivity (Wildman–Crippen MR) is 25.6 cm³/mol. The number of carbonyl (C=O) groups excluding carboxylic acids is 1. The Bertz CT molecular complexity index is 81.0. The van der Waals surface area contributed by atoms with Crippen molar-refractivity contribution in [2.45, 2.75) is 13.8 Å². The molecule has 0 heterocycles. The second-order valence-corrected chi connectivity index (χ2v) is 1.12. The third-order valence-electron chi connectivity index (χ3n) is 0.345. The van der Waals surface area contributed by atoms with Crippen LogP contribution in [0.1, 0.15) is 13.8 Å². The summed E-state index contributed by atoms with van der Waals surface area (Å²) in [5.74, 6) is -0.602. The van der Waals surface area contributed by atoms with Crippen LogP contribution in [0.4, 0.5) is 0 Å². The maximum absolute atomic E-state index is 9.92. The first-order valence-electron chi connectivity index (χ1n) is 2.40. The Morgan fingerprint density at radius 1 is 1.44 bits per heavy atom. The van der Waals surface area contributed by atoms with Crippen LogP contribution < -0.4 is 0 Å². The van der Waals surface area contributed by atoms with Gasteiger partial charge in [-0.3, -0.25) is 4.89 Å². The van der Waals surface area contributed by atoms with Gasteiger partial charge in [0, 0.05) is 12.0 Å². The first kappa shape index (κ1) is 8.35. The topological polar surface area (TPSA) is 54.0 Å². The van der Waals surface area contributed by atoms with Crippen LogP contribution in [0.2, 0.25) is 0 Å². The minimum Gasteiger partial charge on any atom is -0.267 e. The van der Waals surface area contributed by atoms with E-state index in [1.807, 2.05) is 0 Å². The van der Waals surface area contributed by atoms with Crippen molar-refractivity contribution in [3.63, 3.8) is 0 Å². The lowest BCUT2D eigenvalue weighted by Crippen LogP contribution is -2.01. The molecule has 0 spiro atoms. The van der Waals surface area contributed by atoms with E-state index >= 15 is 0 Å². The summed E-state index contributed by atoms with van der Waals surface area (Å²) in [4.78, 5) is 18.0. The number of hydrogen-bond donors (Lipinski definition) is 0. The lowest BCUT2D eigenvalue weighted by molar-refractivity contribution is -0.616. The van der Waals surface area contributed by atoms with Gasteiger partial charge >= 0.3 is 5.97 Å². The third-order valence-corrected chi connectivity index (χ3v) is 0.345. The molecule has 0 rings (SSSR count). The Labute approximate surface area is 52.2 Å². The van der Waals surface area contributed by atoms with Crippen molar-refractivity contribution in [3.05, 3.63) is 0 Å². The van der Waals surface area contributed by atoms with Gasteiger partial charge in [0.25, 0.3) is 0 Å². The molecule has 0 fully saturated rings. The van der Waals surface area contributed by atoms with E-state index in [-0.39, 0.29) is 0 Å². The number of carbonyl (C=O) groups is 1. The molecule has 5 heteroatoms. The van der Waals surface area contributed by atoms with E-state index in [2.05, 4.69) is 19.9 Å². The number of rotatable bonds is 4. The fourth-order valence-electron chi connectivity index (χ4n) is 0.130. The van der Waals surface area contributed by atoms with Crippen LogP contribution in [0.3, 0.4) is 0 Å². The second-order valence-electron chi connectivity index (χ2n) is 1.12. The fraction of sp³-hybridized carbons (Fsp3) is 0.750. The molecule has 54 valence electrons. The molecule has 0 amide bonds. The van der Waals surface area contributed by atoms with E-state index < -0.39 is 5.97 Å². The van der Waals surface area contributed by atoms with Crippen LogP contribution in [-0.2, 0) is 24.6 Å².